The molecule has 0 aliphatic carbocycles. The minimum Gasteiger partial charge on any atom is -0.459 e. The summed E-state index contributed by atoms with van der Waals surface area (Å²) in [5, 5.41) is 3.54. The van der Waals surface area contributed by atoms with Crippen LogP contribution < -0.4 is 5.32 Å². The van der Waals surface area contributed by atoms with E-state index in [-0.39, 0.29) is 17.6 Å². The van der Waals surface area contributed by atoms with E-state index in [1.165, 1.54) is 6.26 Å². The average molecular weight is 378 g/mol. The Balaban J connectivity index is 1.81. The fraction of sp³-hybridized carbons (Fsp3) is 0.0952. The highest BCUT2D eigenvalue weighted by atomic mass is 35.5. The van der Waals surface area contributed by atoms with Crippen molar-refractivity contribution >= 4 is 40.4 Å². The molecular weight excluding hydrogens is 362 g/mol. The molecule has 1 amide bonds. The lowest BCUT2D eigenvalue weighted by Crippen LogP contribution is -2.37. The standard InChI is InChI=1S/C21H16ClN3O2/c1-13-19(14-8-10-15(22)11-9-14)20(25-21(26)18-7-4-12-27-18)24-17-6-3-2-5-16(17)23-13/h2-12,19H,1H3,(H,24,25,26)/t19-/m0/s1. The van der Waals surface area contributed by atoms with E-state index in [1.54, 1.807) is 12.1 Å². The van der Waals surface area contributed by atoms with Gasteiger partial charge in [-0.2, -0.15) is 0 Å². The molecule has 0 saturated carbocycles. The average Bonchev–Trinajstić information content (AvgIpc) is 3.15. The quantitative estimate of drug-likeness (QED) is 0.659. The van der Waals surface area contributed by atoms with Crippen molar-refractivity contribution in [3.8, 4) is 0 Å². The SMILES string of the molecule is CC1=Nc2ccccc2N=C(NC(=O)c2ccco2)[C@@H]1c1ccc(Cl)cc1. The minimum absolute atomic E-state index is 0.222. The van der Waals surface area contributed by atoms with Crippen LogP contribution in [0.2, 0.25) is 5.02 Å². The molecule has 27 heavy (non-hydrogen) atoms. The largest absolute Gasteiger partial charge is 0.459 e. The molecule has 0 saturated heterocycles. The number of fused-ring (bicyclic) bond motifs is 1. The molecule has 0 unspecified atom stereocenters. The highest BCUT2D eigenvalue weighted by molar-refractivity contribution is 6.30. The molecular formula is C21H16ClN3O2. The van der Waals surface area contributed by atoms with Gasteiger partial charge in [-0.05, 0) is 48.9 Å². The van der Waals surface area contributed by atoms with Crippen molar-refractivity contribution in [2.24, 2.45) is 9.98 Å². The van der Waals surface area contributed by atoms with Crippen LogP contribution in [0.15, 0.2) is 81.3 Å². The first-order valence-corrected chi connectivity index (χ1v) is 8.83. The van der Waals surface area contributed by atoms with E-state index < -0.39 is 0 Å². The Morgan fingerprint density at radius 3 is 2.37 bits per heavy atom. The zero-order chi connectivity index (χ0) is 18.8. The number of hydrogen-bond donors (Lipinski definition) is 1. The van der Waals surface area contributed by atoms with Gasteiger partial charge in [0.15, 0.2) is 5.76 Å². The van der Waals surface area contributed by atoms with E-state index in [2.05, 4.69) is 5.32 Å². The monoisotopic (exact) mass is 377 g/mol. The van der Waals surface area contributed by atoms with Crippen molar-refractivity contribution in [2.45, 2.75) is 12.8 Å². The van der Waals surface area contributed by atoms with E-state index in [9.17, 15) is 4.79 Å². The van der Waals surface area contributed by atoms with Gasteiger partial charge in [0.2, 0.25) is 0 Å². The van der Waals surface area contributed by atoms with Crippen LogP contribution in [0.25, 0.3) is 0 Å². The molecule has 2 heterocycles. The molecule has 0 fully saturated rings. The first kappa shape index (κ1) is 17.2. The Morgan fingerprint density at radius 2 is 1.70 bits per heavy atom. The van der Waals surface area contributed by atoms with Crippen LogP contribution in [0, 0.1) is 0 Å². The van der Waals surface area contributed by atoms with E-state index in [4.69, 9.17) is 26.0 Å². The molecule has 0 spiro atoms. The number of amides is 1. The Morgan fingerprint density at radius 1 is 1.00 bits per heavy atom. The summed E-state index contributed by atoms with van der Waals surface area (Å²) >= 11 is 6.04. The first-order chi connectivity index (χ1) is 13.1. The number of para-hydroxylation sites is 2. The molecule has 6 heteroatoms. The van der Waals surface area contributed by atoms with Gasteiger partial charge >= 0.3 is 0 Å². The second-order valence-corrected chi connectivity index (χ2v) is 6.59. The summed E-state index contributed by atoms with van der Waals surface area (Å²) in [6, 6.07) is 18.3. The van der Waals surface area contributed by atoms with Gasteiger partial charge in [-0.25, -0.2) is 4.99 Å². The van der Waals surface area contributed by atoms with Crippen molar-refractivity contribution in [1.82, 2.24) is 5.32 Å². The Kier molecular flexibility index (Phi) is 4.60. The number of benzene rings is 2. The number of nitrogens with zero attached hydrogens (tertiary/aromatic N) is 2. The summed E-state index contributed by atoms with van der Waals surface area (Å²) in [6.07, 6.45) is 1.46. The predicted octanol–water partition coefficient (Wildman–Crippen LogP) is 5.28. The molecule has 1 aliphatic rings. The van der Waals surface area contributed by atoms with Crippen LogP contribution in [0.5, 0.6) is 0 Å². The number of furan rings is 1. The number of halogens is 1. The van der Waals surface area contributed by atoms with E-state index >= 15 is 0 Å². The van der Waals surface area contributed by atoms with Crippen molar-refractivity contribution < 1.29 is 9.21 Å². The number of hydrogen-bond acceptors (Lipinski definition) is 4. The highest BCUT2D eigenvalue weighted by Gasteiger charge is 2.27. The lowest BCUT2D eigenvalue weighted by Gasteiger charge is -2.19. The van der Waals surface area contributed by atoms with Gasteiger partial charge in [0.1, 0.15) is 5.84 Å². The predicted molar refractivity (Wildman–Crippen MR) is 107 cm³/mol. The van der Waals surface area contributed by atoms with Gasteiger partial charge in [-0.15, -0.1) is 0 Å². The molecule has 5 nitrogen and oxygen atoms in total. The Bertz CT molecular complexity index is 1040. The molecule has 1 N–H and O–H groups in total. The van der Waals surface area contributed by atoms with E-state index in [1.807, 2.05) is 55.5 Å². The molecule has 134 valence electrons. The number of carbonyl (C=O) groups excluding carboxylic acids is 1. The Hall–Kier alpha value is -3.18. The Labute approximate surface area is 161 Å². The van der Waals surface area contributed by atoms with Crippen LogP contribution in [0.4, 0.5) is 11.4 Å². The van der Waals surface area contributed by atoms with Gasteiger partial charge in [0, 0.05) is 10.7 Å². The maximum Gasteiger partial charge on any atom is 0.292 e. The molecule has 4 rings (SSSR count). The number of rotatable bonds is 2. The summed E-state index contributed by atoms with van der Waals surface area (Å²) in [5.41, 5.74) is 3.21. The van der Waals surface area contributed by atoms with E-state index in [0.717, 1.165) is 17.0 Å². The first-order valence-electron chi connectivity index (χ1n) is 8.45. The van der Waals surface area contributed by atoms with Crippen molar-refractivity contribution in [3.63, 3.8) is 0 Å². The third-order valence-corrected chi connectivity index (χ3v) is 4.55. The molecule has 0 bridgehead atoms. The topological polar surface area (TPSA) is 67.0 Å². The maximum absolute atomic E-state index is 12.6. The van der Waals surface area contributed by atoms with Crippen LogP contribution >= 0.6 is 11.6 Å². The summed E-state index contributed by atoms with van der Waals surface area (Å²) in [5.74, 6) is 0.0445. The van der Waals surface area contributed by atoms with Crippen LogP contribution in [-0.4, -0.2) is 17.5 Å². The molecule has 2 aromatic carbocycles. The van der Waals surface area contributed by atoms with Crippen LogP contribution in [-0.2, 0) is 0 Å². The van der Waals surface area contributed by atoms with Crippen LogP contribution in [0.3, 0.4) is 0 Å². The zero-order valence-corrected chi connectivity index (χ0v) is 15.3. The van der Waals surface area contributed by atoms with Gasteiger partial charge in [0.25, 0.3) is 5.91 Å². The van der Waals surface area contributed by atoms with Crippen LogP contribution in [0.1, 0.15) is 29.0 Å². The van der Waals surface area contributed by atoms with Gasteiger partial charge in [0.05, 0.1) is 23.6 Å². The second-order valence-electron chi connectivity index (χ2n) is 6.15. The summed E-state index contributed by atoms with van der Waals surface area (Å²) in [7, 11) is 0. The third kappa shape index (κ3) is 3.55. The van der Waals surface area contributed by atoms with Gasteiger partial charge in [-0.3, -0.25) is 9.79 Å². The normalized spacial score (nSPS) is 16.0. The van der Waals surface area contributed by atoms with Crippen molar-refractivity contribution in [3.05, 3.63) is 83.3 Å². The minimum atomic E-state index is -0.357. The number of aliphatic imine (C=N–C) groups is 2. The second kappa shape index (κ2) is 7.21. The maximum atomic E-state index is 12.6. The molecule has 3 aromatic rings. The summed E-state index contributed by atoms with van der Waals surface area (Å²) in [4.78, 5) is 22.0. The summed E-state index contributed by atoms with van der Waals surface area (Å²) < 4.78 is 5.21. The van der Waals surface area contributed by atoms with Crippen molar-refractivity contribution in [1.29, 1.82) is 0 Å². The molecule has 1 aliphatic heterocycles. The van der Waals surface area contributed by atoms with Crippen molar-refractivity contribution in [2.75, 3.05) is 0 Å². The fourth-order valence-electron chi connectivity index (χ4n) is 3.04. The zero-order valence-electron chi connectivity index (χ0n) is 14.5. The molecule has 0 radical (unpaired) electrons. The van der Waals surface area contributed by atoms with Gasteiger partial charge < -0.3 is 9.73 Å². The van der Waals surface area contributed by atoms with Gasteiger partial charge in [-0.1, -0.05) is 35.9 Å². The summed E-state index contributed by atoms with van der Waals surface area (Å²) in [6.45, 7) is 1.93. The molecule has 1 atom stereocenters. The number of carbonyl (C=O) groups is 1. The van der Waals surface area contributed by atoms with E-state index in [0.29, 0.717) is 16.5 Å². The number of amidine groups is 1. The lowest BCUT2D eigenvalue weighted by atomic mass is 9.93. The lowest BCUT2D eigenvalue weighted by molar-refractivity contribution is 0.0949. The third-order valence-electron chi connectivity index (χ3n) is 4.30. The smallest absolute Gasteiger partial charge is 0.292 e. The number of nitrogens with one attached hydrogen (secondary N) is 1. The highest BCUT2D eigenvalue weighted by Crippen LogP contribution is 2.34. The fourth-order valence-corrected chi connectivity index (χ4v) is 3.17. The molecule has 1 aromatic heterocycles.